The molecule has 0 saturated carbocycles. The summed E-state index contributed by atoms with van der Waals surface area (Å²) in [7, 11) is 0. The fourth-order valence-electron chi connectivity index (χ4n) is 1.49. The molecule has 0 fully saturated rings. The monoisotopic (exact) mass is 192 g/mol. The van der Waals surface area contributed by atoms with Crippen molar-refractivity contribution >= 4 is 5.91 Å². The highest BCUT2D eigenvalue weighted by Gasteiger charge is 2.18. The Bertz CT molecular complexity index is 363. The maximum atomic E-state index is 11.4. The van der Waals surface area contributed by atoms with Gasteiger partial charge in [0.05, 0.1) is 6.61 Å². The van der Waals surface area contributed by atoms with Crippen LogP contribution in [0.15, 0.2) is 12.1 Å². The van der Waals surface area contributed by atoms with Crippen molar-refractivity contribution in [2.24, 2.45) is 0 Å². The molecule has 0 radical (unpaired) electrons. The molecule has 4 nitrogen and oxygen atoms in total. The number of hydrogen-bond donors (Lipinski definition) is 1. The summed E-state index contributed by atoms with van der Waals surface area (Å²) in [6, 6.07) is 3.72. The van der Waals surface area contributed by atoms with Crippen LogP contribution < -0.4 is 10.1 Å². The predicted octanol–water partition coefficient (Wildman–Crippen LogP) is 0.766. The summed E-state index contributed by atoms with van der Waals surface area (Å²) in [6.45, 7) is 3.15. The number of fused-ring (bicyclic) bond motifs is 1. The summed E-state index contributed by atoms with van der Waals surface area (Å²) in [5.74, 6) is 0.413. The second kappa shape index (κ2) is 3.65. The first-order valence-corrected chi connectivity index (χ1v) is 4.72. The van der Waals surface area contributed by atoms with Gasteiger partial charge in [-0.15, -0.1) is 0 Å². The summed E-state index contributed by atoms with van der Waals surface area (Å²) in [5, 5.41) is 2.75. The largest absolute Gasteiger partial charge is 0.478 e. The predicted molar refractivity (Wildman–Crippen MR) is 51.4 cm³/mol. The topological polar surface area (TPSA) is 51.2 Å². The Balaban J connectivity index is 2.36. The van der Waals surface area contributed by atoms with Crippen molar-refractivity contribution in [1.29, 1.82) is 0 Å². The SMILES string of the molecule is CCOc1ccc2c(n1)C(=O)NCC2. The van der Waals surface area contributed by atoms with Crippen LogP contribution in [0.3, 0.4) is 0 Å². The number of carbonyl (C=O) groups excluding carboxylic acids is 1. The minimum absolute atomic E-state index is 0.104. The molecular formula is C10H12N2O2. The first-order valence-electron chi connectivity index (χ1n) is 4.72. The van der Waals surface area contributed by atoms with Crippen LogP contribution in [0, 0.1) is 0 Å². The van der Waals surface area contributed by atoms with Crippen molar-refractivity contribution in [3.8, 4) is 5.88 Å². The highest BCUT2D eigenvalue weighted by Crippen LogP contribution is 2.16. The second-order valence-corrected chi connectivity index (χ2v) is 3.10. The molecule has 0 spiro atoms. The number of carbonyl (C=O) groups is 1. The van der Waals surface area contributed by atoms with Crippen molar-refractivity contribution in [2.75, 3.05) is 13.2 Å². The van der Waals surface area contributed by atoms with Crippen LogP contribution in [-0.4, -0.2) is 24.0 Å². The van der Waals surface area contributed by atoms with Crippen molar-refractivity contribution < 1.29 is 9.53 Å². The molecule has 0 aliphatic carbocycles. The van der Waals surface area contributed by atoms with Gasteiger partial charge in [0.25, 0.3) is 5.91 Å². The van der Waals surface area contributed by atoms with Gasteiger partial charge in [-0.3, -0.25) is 4.79 Å². The Kier molecular flexibility index (Phi) is 2.35. The Labute approximate surface area is 82.3 Å². The summed E-state index contributed by atoms with van der Waals surface area (Å²) in [4.78, 5) is 15.6. The number of ether oxygens (including phenoxy) is 1. The molecular weight excluding hydrogens is 180 g/mol. The number of pyridine rings is 1. The first kappa shape index (κ1) is 8.99. The number of nitrogens with one attached hydrogen (secondary N) is 1. The van der Waals surface area contributed by atoms with Crippen LogP contribution in [0.5, 0.6) is 5.88 Å². The molecule has 1 aromatic heterocycles. The highest BCUT2D eigenvalue weighted by molar-refractivity contribution is 5.94. The van der Waals surface area contributed by atoms with Crippen LogP contribution in [0.1, 0.15) is 23.0 Å². The molecule has 0 atom stereocenters. The first-order chi connectivity index (χ1) is 6.81. The lowest BCUT2D eigenvalue weighted by atomic mass is 10.1. The van der Waals surface area contributed by atoms with Crippen molar-refractivity contribution in [1.82, 2.24) is 10.3 Å². The zero-order valence-electron chi connectivity index (χ0n) is 8.04. The highest BCUT2D eigenvalue weighted by atomic mass is 16.5. The van der Waals surface area contributed by atoms with Crippen LogP contribution in [0.4, 0.5) is 0 Å². The van der Waals surface area contributed by atoms with Gasteiger partial charge in [-0.1, -0.05) is 6.07 Å². The molecule has 4 heteroatoms. The second-order valence-electron chi connectivity index (χ2n) is 3.10. The maximum absolute atomic E-state index is 11.4. The minimum atomic E-state index is -0.104. The van der Waals surface area contributed by atoms with E-state index in [1.165, 1.54) is 0 Å². The molecule has 14 heavy (non-hydrogen) atoms. The molecule has 2 heterocycles. The Hall–Kier alpha value is -1.58. The zero-order chi connectivity index (χ0) is 9.97. The van der Waals surface area contributed by atoms with E-state index in [-0.39, 0.29) is 5.91 Å². The van der Waals surface area contributed by atoms with E-state index in [1.54, 1.807) is 6.07 Å². The smallest absolute Gasteiger partial charge is 0.270 e. The van der Waals surface area contributed by atoms with E-state index >= 15 is 0 Å². The quantitative estimate of drug-likeness (QED) is 0.752. The van der Waals surface area contributed by atoms with Gasteiger partial charge in [-0.05, 0) is 18.9 Å². The third kappa shape index (κ3) is 1.55. The Morgan fingerprint density at radius 2 is 2.43 bits per heavy atom. The van der Waals surface area contributed by atoms with E-state index in [2.05, 4.69) is 10.3 Å². The van der Waals surface area contributed by atoms with Gasteiger partial charge >= 0.3 is 0 Å². The lowest BCUT2D eigenvalue weighted by Gasteiger charge is -2.15. The summed E-state index contributed by atoms with van der Waals surface area (Å²) in [5.41, 5.74) is 1.50. The number of rotatable bonds is 2. The molecule has 1 aliphatic heterocycles. The van der Waals surface area contributed by atoms with Crippen molar-refractivity contribution in [3.63, 3.8) is 0 Å². The van der Waals surface area contributed by atoms with Gasteiger partial charge in [0.1, 0.15) is 5.69 Å². The van der Waals surface area contributed by atoms with Gasteiger partial charge in [0.2, 0.25) is 5.88 Å². The van der Waals surface area contributed by atoms with Crippen LogP contribution >= 0.6 is 0 Å². The van der Waals surface area contributed by atoms with E-state index in [1.807, 2.05) is 13.0 Å². The van der Waals surface area contributed by atoms with E-state index in [0.717, 1.165) is 12.0 Å². The number of nitrogens with zero attached hydrogens (tertiary/aromatic N) is 1. The third-order valence-corrected chi connectivity index (χ3v) is 2.14. The summed E-state index contributed by atoms with van der Waals surface area (Å²) < 4.78 is 5.23. The van der Waals surface area contributed by atoms with E-state index < -0.39 is 0 Å². The average molecular weight is 192 g/mol. The molecule has 1 aliphatic rings. The molecule has 0 aromatic carbocycles. The molecule has 74 valence electrons. The van der Waals surface area contributed by atoms with Crippen molar-refractivity contribution in [2.45, 2.75) is 13.3 Å². The molecule has 1 amide bonds. The Morgan fingerprint density at radius 1 is 1.57 bits per heavy atom. The zero-order valence-corrected chi connectivity index (χ0v) is 8.04. The van der Waals surface area contributed by atoms with Gasteiger partial charge < -0.3 is 10.1 Å². The standard InChI is InChI=1S/C10H12N2O2/c1-2-14-8-4-3-7-5-6-11-10(13)9(7)12-8/h3-4H,2,5-6H2,1H3,(H,11,13). The molecule has 0 bridgehead atoms. The summed E-state index contributed by atoms with van der Waals surface area (Å²) >= 11 is 0. The Morgan fingerprint density at radius 3 is 3.21 bits per heavy atom. The van der Waals surface area contributed by atoms with Crippen LogP contribution in [0.25, 0.3) is 0 Å². The van der Waals surface area contributed by atoms with Gasteiger partial charge in [0.15, 0.2) is 0 Å². The lowest BCUT2D eigenvalue weighted by Crippen LogP contribution is -2.32. The van der Waals surface area contributed by atoms with Crippen LogP contribution in [0.2, 0.25) is 0 Å². The lowest BCUT2D eigenvalue weighted by molar-refractivity contribution is 0.0939. The molecule has 0 saturated heterocycles. The molecule has 1 aromatic rings. The number of amides is 1. The van der Waals surface area contributed by atoms with Gasteiger partial charge in [-0.2, -0.15) is 0 Å². The average Bonchev–Trinajstić information content (AvgIpc) is 2.20. The minimum Gasteiger partial charge on any atom is -0.478 e. The fourth-order valence-corrected chi connectivity index (χ4v) is 1.49. The molecule has 0 unspecified atom stereocenters. The van der Waals surface area contributed by atoms with E-state index in [0.29, 0.717) is 24.7 Å². The molecule has 2 rings (SSSR count). The van der Waals surface area contributed by atoms with E-state index in [4.69, 9.17) is 4.74 Å². The van der Waals surface area contributed by atoms with Gasteiger partial charge in [0, 0.05) is 12.6 Å². The number of hydrogen-bond acceptors (Lipinski definition) is 3. The van der Waals surface area contributed by atoms with Gasteiger partial charge in [-0.25, -0.2) is 4.98 Å². The maximum Gasteiger partial charge on any atom is 0.270 e. The third-order valence-electron chi connectivity index (χ3n) is 2.14. The fraction of sp³-hybridized carbons (Fsp3) is 0.400. The van der Waals surface area contributed by atoms with Crippen LogP contribution in [-0.2, 0) is 6.42 Å². The van der Waals surface area contributed by atoms with E-state index in [9.17, 15) is 4.79 Å². The molecule has 1 N–H and O–H groups in total. The number of aromatic nitrogens is 1. The van der Waals surface area contributed by atoms with Crippen molar-refractivity contribution in [3.05, 3.63) is 23.4 Å². The normalized spacial score (nSPS) is 14.5. The summed E-state index contributed by atoms with van der Waals surface area (Å²) in [6.07, 6.45) is 0.848.